The molecule has 2 atom stereocenters. The molecule has 0 bridgehead atoms. The molecule has 114 valence electrons. The molecule has 0 aromatic heterocycles. The van der Waals surface area contributed by atoms with Crippen LogP contribution in [-0.2, 0) is 0 Å². The summed E-state index contributed by atoms with van der Waals surface area (Å²) in [5.41, 5.74) is 6.49. The molecule has 1 aliphatic carbocycles. The Bertz CT molecular complexity index is 563. The van der Waals surface area contributed by atoms with Crippen LogP contribution in [0.1, 0.15) is 42.5 Å². The number of nitrogen functional groups attached to an aromatic ring is 1. The van der Waals surface area contributed by atoms with Gasteiger partial charge in [0.15, 0.2) is 0 Å². The fraction of sp³-hybridized carbons (Fsp3) is 0.562. The molecule has 0 radical (unpaired) electrons. The first-order chi connectivity index (χ1) is 10.0. The number of fused-ring (bicyclic) bond motifs is 1. The lowest BCUT2D eigenvalue weighted by molar-refractivity contribution is -0.0886. The number of nitrogens with two attached hydrogens (primary N) is 1. The number of hydrogen-bond acceptors (Lipinski definition) is 3. The lowest BCUT2D eigenvalue weighted by Gasteiger charge is -2.47. The first-order valence-electron chi connectivity index (χ1n) is 7.57. The van der Waals surface area contributed by atoms with Gasteiger partial charge in [0.1, 0.15) is 0 Å². The molecule has 1 saturated heterocycles. The molecule has 2 fully saturated rings. The van der Waals surface area contributed by atoms with E-state index < -0.39 is 5.60 Å². The van der Waals surface area contributed by atoms with Crippen molar-refractivity contribution in [1.29, 1.82) is 0 Å². The Labute approximate surface area is 133 Å². The third-order valence-electron chi connectivity index (χ3n) is 4.97. The first kappa shape index (κ1) is 14.9. The average molecular weight is 353 g/mol. The molecular weight excluding hydrogens is 332 g/mol. The van der Waals surface area contributed by atoms with Crippen LogP contribution in [0.2, 0.25) is 0 Å². The zero-order valence-corrected chi connectivity index (χ0v) is 13.6. The number of nitrogens with zero attached hydrogens (tertiary/aromatic N) is 1. The van der Waals surface area contributed by atoms with Crippen LogP contribution >= 0.6 is 15.9 Å². The fourth-order valence-electron chi connectivity index (χ4n) is 3.64. The van der Waals surface area contributed by atoms with Crippen molar-refractivity contribution in [2.45, 2.75) is 37.7 Å². The number of anilines is 1. The largest absolute Gasteiger partial charge is 0.398 e. The van der Waals surface area contributed by atoms with Crippen LogP contribution in [-0.4, -0.2) is 34.6 Å². The first-order valence-corrected chi connectivity index (χ1v) is 8.36. The van der Waals surface area contributed by atoms with E-state index in [1.165, 1.54) is 0 Å². The van der Waals surface area contributed by atoms with Gasteiger partial charge in [0.25, 0.3) is 5.91 Å². The number of carbonyl (C=O) groups is 1. The predicted octanol–water partition coefficient (Wildman–Crippen LogP) is 2.80. The molecule has 1 aromatic carbocycles. The lowest BCUT2D eigenvalue weighted by Crippen LogP contribution is -2.54. The van der Waals surface area contributed by atoms with Crippen molar-refractivity contribution < 1.29 is 9.90 Å². The van der Waals surface area contributed by atoms with Crippen molar-refractivity contribution in [3.05, 3.63) is 28.2 Å². The highest BCUT2D eigenvalue weighted by atomic mass is 79.9. The zero-order chi connectivity index (χ0) is 15.0. The van der Waals surface area contributed by atoms with Crippen molar-refractivity contribution in [2.75, 3.05) is 18.8 Å². The van der Waals surface area contributed by atoms with E-state index in [4.69, 9.17) is 5.73 Å². The second-order valence-electron chi connectivity index (χ2n) is 6.26. The minimum absolute atomic E-state index is 0.00167. The summed E-state index contributed by atoms with van der Waals surface area (Å²) in [5.74, 6) is 0.214. The number of piperidine rings is 1. The van der Waals surface area contributed by atoms with Crippen LogP contribution in [0, 0.1) is 5.92 Å². The summed E-state index contributed by atoms with van der Waals surface area (Å²) in [6, 6.07) is 5.37. The Morgan fingerprint density at radius 1 is 1.38 bits per heavy atom. The number of rotatable bonds is 1. The second-order valence-corrected chi connectivity index (χ2v) is 7.05. The topological polar surface area (TPSA) is 66.6 Å². The highest BCUT2D eigenvalue weighted by Crippen LogP contribution is 2.40. The van der Waals surface area contributed by atoms with Gasteiger partial charge in [-0.2, -0.15) is 0 Å². The molecule has 3 N–H and O–H groups in total. The van der Waals surface area contributed by atoms with Crippen molar-refractivity contribution >= 4 is 27.5 Å². The van der Waals surface area contributed by atoms with Crippen molar-refractivity contribution in [1.82, 2.24) is 4.90 Å². The van der Waals surface area contributed by atoms with E-state index in [2.05, 4.69) is 15.9 Å². The zero-order valence-electron chi connectivity index (χ0n) is 12.0. The van der Waals surface area contributed by atoms with Gasteiger partial charge < -0.3 is 15.7 Å². The molecule has 2 aliphatic rings. The molecule has 5 heteroatoms. The number of halogens is 1. The second kappa shape index (κ2) is 5.61. The number of amides is 1. The van der Waals surface area contributed by atoms with E-state index in [0.29, 0.717) is 35.2 Å². The van der Waals surface area contributed by atoms with Crippen LogP contribution in [0.3, 0.4) is 0 Å². The maximum atomic E-state index is 12.7. The Kier molecular flexibility index (Phi) is 3.97. The average Bonchev–Trinajstić information content (AvgIpc) is 2.48. The van der Waals surface area contributed by atoms with Gasteiger partial charge in [-0.25, -0.2) is 0 Å². The standard InChI is InChI=1S/C16H21BrN2O2/c17-14-12(5-3-6-13(14)18)15(20)19-9-8-16(21)7-2-1-4-11(16)10-19/h3,5-6,11,21H,1-2,4,7-10,18H2. The van der Waals surface area contributed by atoms with E-state index in [-0.39, 0.29) is 11.8 Å². The molecule has 21 heavy (non-hydrogen) atoms. The molecule has 3 rings (SSSR count). The molecule has 2 unspecified atom stereocenters. The maximum absolute atomic E-state index is 12.7. The quantitative estimate of drug-likeness (QED) is 0.763. The Morgan fingerprint density at radius 2 is 2.19 bits per heavy atom. The monoisotopic (exact) mass is 352 g/mol. The third kappa shape index (κ3) is 2.69. The highest BCUT2D eigenvalue weighted by Gasteiger charge is 2.43. The minimum Gasteiger partial charge on any atom is -0.398 e. The van der Waals surface area contributed by atoms with E-state index >= 15 is 0 Å². The van der Waals surface area contributed by atoms with E-state index in [1.54, 1.807) is 18.2 Å². The summed E-state index contributed by atoms with van der Waals surface area (Å²) in [6.45, 7) is 1.27. The summed E-state index contributed by atoms with van der Waals surface area (Å²) in [4.78, 5) is 14.6. The van der Waals surface area contributed by atoms with E-state index in [0.717, 1.165) is 25.7 Å². The number of benzene rings is 1. The van der Waals surface area contributed by atoms with Gasteiger partial charge in [0, 0.05) is 24.7 Å². The summed E-state index contributed by atoms with van der Waals surface area (Å²) in [7, 11) is 0. The maximum Gasteiger partial charge on any atom is 0.255 e. The van der Waals surface area contributed by atoms with E-state index in [1.807, 2.05) is 4.90 Å². The van der Waals surface area contributed by atoms with E-state index in [9.17, 15) is 9.90 Å². The van der Waals surface area contributed by atoms with Gasteiger partial charge in [-0.1, -0.05) is 18.9 Å². The number of hydrogen-bond donors (Lipinski definition) is 2. The van der Waals surface area contributed by atoms with Crippen LogP contribution in [0.25, 0.3) is 0 Å². The summed E-state index contributed by atoms with van der Waals surface area (Å²) < 4.78 is 0.666. The van der Waals surface area contributed by atoms with Gasteiger partial charge in [0.2, 0.25) is 0 Å². The number of carbonyl (C=O) groups excluding carboxylic acids is 1. The number of aliphatic hydroxyl groups is 1. The van der Waals surface area contributed by atoms with Crippen LogP contribution in [0.15, 0.2) is 22.7 Å². The van der Waals surface area contributed by atoms with Gasteiger partial charge in [-0.15, -0.1) is 0 Å². The Balaban J connectivity index is 1.79. The van der Waals surface area contributed by atoms with Crippen LogP contribution < -0.4 is 5.73 Å². The van der Waals surface area contributed by atoms with Crippen LogP contribution in [0.5, 0.6) is 0 Å². The SMILES string of the molecule is Nc1cccc(C(=O)N2CCC3(O)CCCCC3C2)c1Br. The van der Waals surface area contributed by atoms with Gasteiger partial charge in [0.05, 0.1) is 15.6 Å². The van der Waals surface area contributed by atoms with Crippen molar-refractivity contribution in [3.8, 4) is 0 Å². The normalized spacial score (nSPS) is 29.0. The molecule has 1 saturated carbocycles. The van der Waals surface area contributed by atoms with Crippen LogP contribution in [0.4, 0.5) is 5.69 Å². The molecule has 1 amide bonds. The summed E-state index contributed by atoms with van der Waals surface area (Å²) >= 11 is 3.40. The van der Waals surface area contributed by atoms with Gasteiger partial charge >= 0.3 is 0 Å². The summed E-state index contributed by atoms with van der Waals surface area (Å²) in [5, 5.41) is 10.7. The minimum atomic E-state index is -0.554. The highest BCUT2D eigenvalue weighted by molar-refractivity contribution is 9.10. The molecule has 1 aliphatic heterocycles. The van der Waals surface area contributed by atoms with Crippen molar-refractivity contribution in [3.63, 3.8) is 0 Å². The fourth-order valence-corrected chi connectivity index (χ4v) is 4.07. The van der Waals surface area contributed by atoms with Gasteiger partial charge in [-0.05, 0) is 47.3 Å². The Morgan fingerprint density at radius 3 is 3.00 bits per heavy atom. The molecule has 4 nitrogen and oxygen atoms in total. The third-order valence-corrected chi connectivity index (χ3v) is 5.86. The smallest absolute Gasteiger partial charge is 0.255 e. The molecule has 1 heterocycles. The van der Waals surface area contributed by atoms with Crippen molar-refractivity contribution in [2.24, 2.45) is 5.92 Å². The molecule has 1 aromatic rings. The number of likely N-dealkylation sites (tertiary alicyclic amines) is 1. The van der Waals surface area contributed by atoms with Gasteiger partial charge in [-0.3, -0.25) is 4.79 Å². The molecular formula is C16H21BrN2O2. The molecule has 0 spiro atoms. The lowest BCUT2D eigenvalue weighted by atomic mass is 9.71. The predicted molar refractivity (Wildman–Crippen MR) is 86.0 cm³/mol. The Hall–Kier alpha value is -1.07. The summed E-state index contributed by atoms with van der Waals surface area (Å²) in [6.07, 6.45) is 4.82.